The fraction of sp³-hybridized carbons (Fsp3) is 0.300. The third-order valence-electron chi connectivity index (χ3n) is 2.39. The van der Waals surface area contributed by atoms with Crippen molar-refractivity contribution >= 4 is 6.09 Å². The summed E-state index contributed by atoms with van der Waals surface area (Å²) in [5, 5.41) is 11.8. The molecule has 1 aliphatic heterocycles. The first-order valence-corrected chi connectivity index (χ1v) is 4.54. The Kier molecular flexibility index (Phi) is 2.37. The van der Waals surface area contributed by atoms with E-state index in [1.165, 1.54) is 4.90 Å². The van der Waals surface area contributed by atoms with Gasteiger partial charge in [0.2, 0.25) is 0 Å². The fourth-order valence-corrected chi connectivity index (χ4v) is 1.53. The molecule has 1 atom stereocenters. The van der Waals surface area contributed by atoms with E-state index in [0.29, 0.717) is 6.67 Å². The van der Waals surface area contributed by atoms with Gasteiger partial charge in [-0.2, -0.15) is 0 Å². The molecule has 1 fully saturated rings. The highest BCUT2D eigenvalue weighted by Crippen LogP contribution is 2.12. The van der Waals surface area contributed by atoms with E-state index in [4.69, 9.17) is 5.11 Å². The van der Waals surface area contributed by atoms with Gasteiger partial charge in [-0.25, -0.2) is 4.79 Å². The number of carbonyl (C=O) groups is 1. The van der Waals surface area contributed by atoms with Crippen LogP contribution in [0, 0.1) is 0 Å². The van der Waals surface area contributed by atoms with Crippen molar-refractivity contribution in [1.82, 2.24) is 10.2 Å². The van der Waals surface area contributed by atoms with Crippen molar-refractivity contribution in [2.24, 2.45) is 0 Å². The highest BCUT2D eigenvalue weighted by atomic mass is 16.4. The zero-order valence-corrected chi connectivity index (χ0v) is 7.68. The minimum Gasteiger partial charge on any atom is -0.465 e. The van der Waals surface area contributed by atoms with E-state index in [-0.39, 0.29) is 6.17 Å². The molecule has 0 saturated carbocycles. The van der Waals surface area contributed by atoms with Crippen LogP contribution in [0.15, 0.2) is 30.3 Å². The summed E-state index contributed by atoms with van der Waals surface area (Å²) in [7, 11) is 0. The fourth-order valence-electron chi connectivity index (χ4n) is 1.53. The maximum absolute atomic E-state index is 10.7. The second-order valence-electron chi connectivity index (χ2n) is 3.32. The van der Waals surface area contributed by atoms with Gasteiger partial charge in [-0.1, -0.05) is 30.3 Å². The number of benzene rings is 1. The Hall–Kier alpha value is -1.55. The monoisotopic (exact) mass is 192 g/mol. The van der Waals surface area contributed by atoms with Gasteiger partial charge in [0.1, 0.15) is 0 Å². The lowest BCUT2D eigenvalue weighted by molar-refractivity contribution is 0.0484. The molecule has 4 heteroatoms. The number of amides is 1. The molecule has 1 unspecified atom stereocenters. The molecule has 2 N–H and O–H groups in total. The van der Waals surface area contributed by atoms with Crippen molar-refractivity contribution in [1.29, 1.82) is 0 Å². The van der Waals surface area contributed by atoms with E-state index in [9.17, 15) is 4.79 Å². The summed E-state index contributed by atoms with van der Waals surface area (Å²) in [6, 6.07) is 9.87. The van der Waals surface area contributed by atoms with E-state index in [1.54, 1.807) is 0 Å². The van der Waals surface area contributed by atoms with Crippen LogP contribution in [-0.4, -0.2) is 28.9 Å². The molecule has 1 aromatic carbocycles. The summed E-state index contributed by atoms with van der Waals surface area (Å²) in [5.74, 6) is 0. The topological polar surface area (TPSA) is 52.6 Å². The molecule has 0 spiro atoms. The Morgan fingerprint density at radius 1 is 1.50 bits per heavy atom. The van der Waals surface area contributed by atoms with Crippen LogP contribution in [0.2, 0.25) is 0 Å². The molecule has 1 saturated heterocycles. The zero-order chi connectivity index (χ0) is 9.97. The normalized spacial score (nSPS) is 20.3. The first-order chi connectivity index (χ1) is 6.77. The average Bonchev–Trinajstić information content (AvgIpc) is 2.13. The Bertz CT molecular complexity index is 326. The van der Waals surface area contributed by atoms with Crippen molar-refractivity contribution in [3.63, 3.8) is 0 Å². The van der Waals surface area contributed by atoms with Gasteiger partial charge in [0, 0.05) is 6.42 Å². The Labute approximate surface area is 82.2 Å². The summed E-state index contributed by atoms with van der Waals surface area (Å²) in [6.07, 6.45) is -0.188. The molecule has 74 valence electrons. The lowest BCUT2D eigenvalue weighted by atomic mass is 10.1. The molecule has 0 bridgehead atoms. The quantitative estimate of drug-likeness (QED) is 0.737. The maximum Gasteiger partial charge on any atom is 0.409 e. The highest BCUT2D eigenvalue weighted by molar-refractivity contribution is 5.66. The van der Waals surface area contributed by atoms with E-state index in [2.05, 4.69) is 5.32 Å². The largest absolute Gasteiger partial charge is 0.465 e. The zero-order valence-electron chi connectivity index (χ0n) is 7.68. The summed E-state index contributed by atoms with van der Waals surface area (Å²) < 4.78 is 0. The maximum atomic E-state index is 10.7. The van der Waals surface area contributed by atoms with Crippen LogP contribution in [-0.2, 0) is 6.42 Å². The molecule has 4 nitrogen and oxygen atoms in total. The lowest BCUT2D eigenvalue weighted by Crippen LogP contribution is -2.64. The van der Waals surface area contributed by atoms with Crippen LogP contribution in [0.5, 0.6) is 0 Å². The first kappa shape index (κ1) is 9.02. The average molecular weight is 192 g/mol. The van der Waals surface area contributed by atoms with E-state index >= 15 is 0 Å². The number of carboxylic acid groups (broad SMARTS) is 1. The predicted octanol–water partition coefficient (Wildman–Crippen LogP) is 1.10. The second kappa shape index (κ2) is 3.67. The minimum absolute atomic E-state index is 0.0603. The summed E-state index contributed by atoms with van der Waals surface area (Å²) in [5.41, 5.74) is 1.15. The first-order valence-electron chi connectivity index (χ1n) is 4.54. The molecule has 1 aliphatic rings. The van der Waals surface area contributed by atoms with Gasteiger partial charge in [0.15, 0.2) is 0 Å². The molecule has 1 aromatic rings. The molecule has 1 amide bonds. The van der Waals surface area contributed by atoms with Crippen LogP contribution >= 0.6 is 0 Å². The number of hydrogen-bond donors (Lipinski definition) is 2. The summed E-state index contributed by atoms with van der Waals surface area (Å²) in [6.45, 7) is 0.437. The Morgan fingerprint density at radius 3 is 2.71 bits per heavy atom. The van der Waals surface area contributed by atoms with Gasteiger partial charge in [-0.15, -0.1) is 0 Å². The number of nitrogens with one attached hydrogen (secondary N) is 1. The van der Waals surface area contributed by atoms with Gasteiger partial charge in [0.05, 0.1) is 12.8 Å². The van der Waals surface area contributed by atoms with Crippen molar-refractivity contribution in [3.05, 3.63) is 35.9 Å². The molecule has 0 aliphatic carbocycles. The lowest BCUT2D eigenvalue weighted by Gasteiger charge is -2.39. The molecule has 14 heavy (non-hydrogen) atoms. The third-order valence-corrected chi connectivity index (χ3v) is 2.39. The van der Waals surface area contributed by atoms with Crippen LogP contribution < -0.4 is 5.32 Å². The van der Waals surface area contributed by atoms with E-state index in [1.807, 2.05) is 30.3 Å². The molecular weight excluding hydrogens is 180 g/mol. The smallest absolute Gasteiger partial charge is 0.409 e. The number of nitrogens with zero attached hydrogens (tertiary/aromatic N) is 1. The van der Waals surface area contributed by atoms with Crippen molar-refractivity contribution < 1.29 is 9.90 Å². The number of hydrogen-bond acceptors (Lipinski definition) is 2. The van der Waals surface area contributed by atoms with E-state index < -0.39 is 6.09 Å². The standard InChI is InChI=1S/C10H12N2O2/c13-10(14)12-7-11-9(12)6-8-4-2-1-3-5-8/h1-5,9,11H,6-7H2,(H,13,14). The Morgan fingerprint density at radius 2 is 2.21 bits per heavy atom. The van der Waals surface area contributed by atoms with Crippen LogP contribution in [0.3, 0.4) is 0 Å². The SMILES string of the molecule is O=C(O)N1CNC1Cc1ccccc1. The van der Waals surface area contributed by atoms with Crippen LogP contribution in [0.1, 0.15) is 5.56 Å². The highest BCUT2D eigenvalue weighted by Gasteiger charge is 2.30. The van der Waals surface area contributed by atoms with Crippen molar-refractivity contribution in [3.8, 4) is 0 Å². The molecule has 0 radical (unpaired) electrons. The number of rotatable bonds is 2. The van der Waals surface area contributed by atoms with Gasteiger partial charge < -0.3 is 5.11 Å². The van der Waals surface area contributed by atoms with Gasteiger partial charge in [0.25, 0.3) is 0 Å². The van der Waals surface area contributed by atoms with Crippen LogP contribution in [0.4, 0.5) is 4.79 Å². The molecule has 2 rings (SSSR count). The minimum atomic E-state index is -0.857. The summed E-state index contributed by atoms with van der Waals surface area (Å²) in [4.78, 5) is 12.1. The van der Waals surface area contributed by atoms with Crippen molar-refractivity contribution in [2.45, 2.75) is 12.6 Å². The molecule has 0 aromatic heterocycles. The van der Waals surface area contributed by atoms with Gasteiger partial charge in [-0.05, 0) is 5.56 Å². The molecular formula is C10H12N2O2. The third kappa shape index (κ3) is 1.70. The van der Waals surface area contributed by atoms with Crippen molar-refractivity contribution in [2.75, 3.05) is 6.67 Å². The molecule has 1 heterocycles. The van der Waals surface area contributed by atoms with Crippen LogP contribution in [0.25, 0.3) is 0 Å². The van der Waals surface area contributed by atoms with E-state index in [0.717, 1.165) is 12.0 Å². The second-order valence-corrected chi connectivity index (χ2v) is 3.32. The Balaban J connectivity index is 1.96. The summed E-state index contributed by atoms with van der Waals surface area (Å²) >= 11 is 0. The van der Waals surface area contributed by atoms with Gasteiger partial charge >= 0.3 is 6.09 Å². The van der Waals surface area contributed by atoms with Gasteiger partial charge in [-0.3, -0.25) is 10.2 Å². The predicted molar refractivity (Wildman–Crippen MR) is 51.8 cm³/mol.